The van der Waals surface area contributed by atoms with Crippen molar-refractivity contribution in [2.75, 3.05) is 6.61 Å². The van der Waals surface area contributed by atoms with Gasteiger partial charge in [-0.25, -0.2) is 0 Å². The Morgan fingerprint density at radius 2 is 1.88 bits per heavy atom. The molecule has 17 heavy (non-hydrogen) atoms. The maximum Gasteiger partial charge on any atom is 1.00 e. The van der Waals surface area contributed by atoms with Gasteiger partial charge in [0.05, 0.1) is 12.4 Å². The molecule has 0 aliphatic carbocycles. The third-order valence-electron chi connectivity index (χ3n) is 2.27. The summed E-state index contributed by atoms with van der Waals surface area (Å²) in [4.78, 5) is 0. The molecule has 0 aliphatic rings. The van der Waals surface area contributed by atoms with E-state index in [9.17, 15) is 12.9 Å². The van der Waals surface area contributed by atoms with Crippen molar-refractivity contribution in [2.24, 2.45) is 0 Å². The number of unbranched alkanes of at least 4 members (excludes halogenated alkanes) is 1. The van der Waals surface area contributed by atoms with Crippen molar-refractivity contribution in [1.82, 2.24) is 0 Å². The number of hydrogen-bond donors (Lipinski definition) is 0. The third-order valence-corrected chi connectivity index (χ3v) is 2.27. The Kier molecular flexibility index (Phi) is 8.08. The topological polar surface area (TPSA) is 9.23 Å². The zero-order valence-corrected chi connectivity index (χ0v) is 13.6. The zero-order chi connectivity index (χ0) is 12.2. The second kappa shape index (κ2) is 7.84. The molecule has 0 heterocycles. The maximum absolute atomic E-state index is 12.7. The second-order valence-corrected chi connectivity index (χ2v) is 3.82. The second-order valence-electron chi connectivity index (χ2n) is 3.82. The summed E-state index contributed by atoms with van der Waals surface area (Å²) in [5.74, 6) is -0.0495. The van der Waals surface area contributed by atoms with Crippen LogP contribution in [-0.2, 0) is 0 Å². The molecule has 1 rings (SSSR count). The molecule has 90 valence electrons. The molecule has 0 saturated heterocycles. The van der Waals surface area contributed by atoms with Crippen molar-refractivity contribution in [1.29, 1.82) is 0 Å². The molecule has 0 aliphatic heterocycles. The molecule has 0 aromatic heterocycles. The molecule has 0 atom stereocenters. The molecule has 0 saturated carbocycles. The molecule has 0 bridgehead atoms. The largest absolute Gasteiger partial charge is 1.00 e. The van der Waals surface area contributed by atoms with Crippen molar-refractivity contribution in [3.05, 3.63) is 23.8 Å². The van der Waals surface area contributed by atoms with E-state index >= 15 is 0 Å². The van der Waals surface area contributed by atoms with Gasteiger partial charge >= 0.3 is 58.4 Å². The molecule has 0 fully saturated rings. The summed E-state index contributed by atoms with van der Waals surface area (Å²) >= 11 is 0. The van der Waals surface area contributed by atoms with Gasteiger partial charge in [0.25, 0.3) is 0 Å². The van der Waals surface area contributed by atoms with Crippen LogP contribution >= 0.6 is 0 Å². The summed E-state index contributed by atoms with van der Waals surface area (Å²) in [6.07, 6.45) is 1.66. The Labute approximate surface area is 143 Å². The summed E-state index contributed by atoms with van der Waals surface area (Å²) in [5, 5.41) is 0. The average Bonchev–Trinajstić information content (AvgIpc) is 2.19. The molecule has 0 unspecified atom stereocenters. The normalized spacial score (nSPS) is 10.9. The fourth-order valence-corrected chi connectivity index (χ4v) is 1.38. The molecule has 0 spiro atoms. The smallest absolute Gasteiger partial charge is 0.497 e. The molecule has 1 aromatic carbocycles. The van der Waals surface area contributed by atoms with Crippen molar-refractivity contribution in [3.8, 4) is 5.75 Å². The Hall–Kier alpha value is 0.511. The Bertz CT molecular complexity index is 355. The zero-order valence-electron chi connectivity index (χ0n) is 10.5. The van der Waals surface area contributed by atoms with Crippen molar-refractivity contribution < 1.29 is 69.1 Å². The summed E-state index contributed by atoms with van der Waals surface area (Å²) in [7, 11) is 0. The summed E-state index contributed by atoms with van der Waals surface area (Å²) in [5.41, 5.74) is -0.0341. The van der Waals surface area contributed by atoms with Gasteiger partial charge in [-0.1, -0.05) is 36.5 Å². The third kappa shape index (κ3) is 5.79. The standard InChI is InChI=1S/C11H15BF3O.K/c1-3-4-7-16-11-6-5-9(2)8-10(11)12(13,14)15;/h5-6,8H,3-4,7H2,1-2H3;/q-1;+1. The monoisotopic (exact) mass is 270 g/mol. The molecule has 0 amide bonds. The number of benzene rings is 1. The van der Waals surface area contributed by atoms with E-state index < -0.39 is 12.4 Å². The van der Waals surface area contributed by atoms with Gasteiger partial charge in [-0.15, -0.1) is 0 Å². The van der Waals surface area contributed by atoms with Gasteiger partial charge < -0.3 is 17.7 Å². The fraction of sp³-hybridized carbons (Fsp3) is 0.455. The van der Waals surface area contributed by atoms with Gasteiger partial charge in [-0.2, -0.15) is 0 Å². The first-order chi connectivity index (χ1) is 7.45. The fourth-order valence-electron chi connectivity index (χ4n) is 1.38. The summed E-state index contributed by atoms with van der Waals surface area (Å²) in [6.45, 7) is -1.06. The van der Waals surface area contributed by atoms with Crippen LogP contribution in [0.1, 0.15) is 25.3 Å². The van der Waals surface area contributed by atoms with E-state index in [2.05, 4.69) is 0 Å². The van der Waals surface area contributed by atoms with E-state index in [0.29, 0.717) is 12.2 Å². The Balaban J connectivity index is 0.00000256. The van der Waals surface area contributed by atoms with Crippen molar-refractivity contribution in [2.45, 2.75) is 26.7 Å². The molecular weight excluding hydrogens is 255 g/mol. The summed E-state index contributed by atoms with van der Waals surface area (Å²) in [6, 6.07) is 4.17. The SMILES string of the molecule is CCCCOc1ccc(C)cc1[B-](F)(F)F.[K+]. The van der Waals surface area contributed by atoms with Crippen LogP contribution in [0.25, 0.3) is 0 Å². The average molecular weight is 270 g/mol. The first kappa shape index (κ1) is 17.5. The van der Waals surface area contributed by atoms with Crippen molar-refractivity contribution in [3.63, 3.8) is 0 Å². The maximum atomic E-state index is 12.7. The van der Waals surface area contributed by atoms with Crippen LogP contribution < -0.4 is 61.6 Å². The van der Waals surface area contributed by atoms with Crippen LogP contribution in [0.5, 0.6) is 5.75 Å². The Morgan fingerprint density at radius 1 is 1.24 bits per heavy atom. The van der Waals surface area contributed by atoms with Gasteiger partial charge in [0, 0.05) is 0 Å². The molecule has 6 heteroatoms. The van der Waals surface area contributed by atoms with E-state index in [1.54, 1.807) is 13.0 Å². The number of hydrogen-bond acceptors (Lipinski definition) is 1. The number of halogens is 3. The Morgan fingerprint density at radius 3 is 2.41 bits per heavy atom. The number of aryl methyl sites for hydroxylation is 1. The van der Waals surface area contributed by atoms with Crippen LogP contribution in [0.2, 0.25) is 0 Å². The predicted molar refractivity (Wildman–Crippen MR) is 60.3 cm³/mol. The predicted octanol–water partition coefficient (Wildman–Crippen LogP) is 0.232. The van der Waals surface area contributed by atoms with Crippen molar-refractivity contribution >= 4 is 12.4 Å². The van der Waals surface area contributed by atoms with E-state index in [0.717, 1.165) is 18.9 Å². The number of rotatable bonds is 5. The molecule has 0 radical (unpaired) electrons. The molecular formula is C11H15BF3KO. The van der Waals surface area contributed by atoms with E-state index in [4.69, 9.17) is 4.74 Å². The van der Waals surface area contributed by atoms with Gasteiger partial charge in [0.1, 0.15) is 0 Å². The quantitative estimate of drug-likeness (QED) is 0.550. The first-order valence-corrected chi connectivity index (χ1v) is 5.38. The first-order valence-electron chi connectivity index (χ1n) is 5.38. The van der Waals surface area contributed by atoms with Gasteiger partial charge in [0.2, 0.25) is 0 Å². The van der Waals surface area contributed by atoms with E-state index in [1.165, 1.54) is 6.07 Å². The van der Waals surface area contributed by atoms with E-state index in [1.807, 2.05) is 6.92 Å². The molecule has 0 N–H and O–H groups in total. The van der Waals surface area contributed by atoms with Crippen LogP contribution in [0, 0.1) is 6.92 Å². The molecule has 1 aromatic rings. The van der Waals surface area contributed by atoms with Gasteiger partial charge in [-0.3, -0.25) is 0 Å². The molecule has 1 nitrogen and oxygen atoms in total. The van der Waals surface area contributed by atoms with Crippen LogP contribution in [0.3, 0.4) is 0 Å². The number of ether oxygens (including phenoxy) is 1. The van der Waals surface area contributed by atoms with Crippen LogP contribution in [-0.4, -0.2) is 13.6 Å². The van der Waals surface area contributed by atoms with Crippen LogP contribution in [0.4, 0.5) is 12.9 Å². The minimum absolute atomic E-state index is 0. The minimum Gasteiger partial charge on any atom is -0.497 e. The van der Waals surface area contributed by atoms with Gasteiger partial charge in [0.15, 0.2) is 0 Å². The summed E-state index contributed by atoms with van der Waals surface area (Å²) < 4.78 is 43.3. The van der Waals surface area contributed by atoms with Crippen LogP contribution in [0.15, 0.2) is 18.2 Å². The minimum atomic E-state index is -5.00. The van der Waals surface area contributed by atoms with E-state index in [-0.39, 0.29) is 57.1 Å². The van der Waals surface area contributed by atoms with Gasteiger partial charge in [-0.05, 0) is 19.4 Å².